The van der Waals surface area contributed by atoms with Crippen molar-refractivity contribution in [2.75, 3.05) is 6.54 Å². The molecule has 0 bridgehead atoms. The maximum Gasteiger partial charge on any atom is 0.187 e. The first-order valence-electron chi connectivity index (χ1n) is 7.32. The number of halogens is 1. The van der Waals surface area contributed by atoms with Crippen molar-refractivity contribution in [3.8, 4) is 5.75 Å². The minimum absolute atomic E-state index is 0.254. The van der Waals surface area contributed by atoms with Crippen LogP contribution in [0.25, 0.3) is 0 Å². The van der Waals surface area contributed by atoms with Gasteiger partial charge in [-0.25, -0.2) is 4.39 Å². The van der Waals surface area contributed by atoms with Crippen LogP contribution in [0.15, 0.2) is 66.3 Å². The number of nitrogens with zero attached hydrogens (tertiary/aromatic N) is 1. The third-order valence-electron chi connectivity index (χ3n) is 2.99. The van der Waals surface area contributed by atoms with Gasteiger partial charge in [0.05, 0.1) is 6.21 Å². The summed E-state index contributed by atoms with van der Waals surface area (Å²) >= 11 is 5.02. The third kappa shape index (κ3) is 6.18. The summed E-state index contributed by atoms with van der Waals surface area (Å²) < 4.78 is 18.5. The molecule has 0 saturated carbocycles. The number of hydrazone groups is 1. The predicted molar refractivity (Wildman–Crippen MR) is 98.7 cm³/mol. The number of ether oxygens (including phenoxy) is 1. The van der Waals surface area contributed by atoms with Crippen LogP contribution in [0.5, 0.6) is 5.75 Å². The van der Waals surface area contributed by atoms with E-state index in [1.807, 2.05) is 24.3 Å². The molecule has 0 spiro atoms. The Kier molecular flexibility index (Phi) is 6.91. The van der Waals surface area contributed by atoms with Crippen molar-refractivity contribution in [3.63, 3.8) is 0 Å². The molecule has 0 amide bonds. The highest BCUT2D eigenvalue weighted by Crippen LogP contribution is 2.13. The topological polar surface area (TPSA) is 45.7 Å². The molecular formula is C18H18FN3OS. The summed E-state index contributed by atoms with van der Waals surface area (Å²) in [6.45, 7) is 4.56. The molecule has 0 aliphatic heterocycles. The molecule has 2 aromatic carbocycles. The maximum absolute atomic E-state index is 12.8. The third-order valence-corrected chi connectivity index (χ3v) is 3.22. The molecule has 2 aromatic rings. The normalized spacial score (nSPS) is 10.4. The molecule has 2 rings (SSSR count). The van der Waals surface area contributed by atoms with Crippen LogP contribution in [0.4, 0.5) is 4.39 Å². The van der Waals surface area contributed by atoms with Gasteiger partial charge in [-0.1, -0.05) is 18.2 Å². The lowest BCUT2D eigenvalue weighted by Crippen LogP contribution is -2.31. The van der Waals surface area contributed by atoms with E-state index in [-0.39, 0.29) is 5.82 Å². The first-order chi connectivity index (χ1) is 11.7. The predicted octanol–water partition coefficient (Wildman–Crippen LogP) is 3.39. The fourth-order valence-electron chi connectivity index (χ4n) is 1.77. The van der Waals surface area contributed by atoms with Gasteiger partial charge in [-0.05, 0) is 59.7 Å². The number of nitrogens with one attached hydrogen (secondary N) is 2. The Labute approximate surface area is 146 Å². The second-order valence-electron chi connectivity index (χ2n) is 4.85. The van der Waals surface area contributed by atoms with Crippen molar-refractivity contribution in [3.05, 3.63) is 78.1 Å². The maximum atomic E-state index is 12.8. The van der Waals surface area contributed by atoms with E-state index in [1.165, 1.54) is 12.1 Å². The molecule has 0 radical (unpaired) electrons. The van der Waals surface area contributed by atoms with Crippen LogP contribution in [-0.2, 0) is 6.61 Å². The SMILES string of the molecule is C=CCNC(=S)N/N=C\c1ccc(OCc2ccc(F)cc2)cc1. The molecule has 6 heteroatoms. The Morgan fingerprint density at radius 1 is 1.17 bits per heavy atom. The van der Waals surface area contributed by atoms with Gasteiger partial charge in [0.1, 0.15) is 18.2 Å². The van der Waals surface area contributed by atoms with Crippen molar-refractivity contribution in [2.45, 2.75) is 6.61 Å². The zero-order chi connectivity index (χ0) is 17.2. The van der Waals surface area contributed by atoms with Gasteiger partial charge in [0.2, 0.25) is 0 Å². The molecular weight excluding hydrogens is 325 g/mol. The monoisotopic (exact) mass is 343 g/mol. The summed E-state index contributed by atoms with van der Waals surface area (Å²) in [5.74, 6) is 0.475. The van der Waals surface area contributed by atoms with E-state index in [2.05, 4.69) is 22.4 Å². The van der Waals surface area contributed by atoms with Crippen LogP contribution in [0, 0.1) is 5.82 Å². The molecule has 2 N–H and O–H groups in total. The average Bonchev–Trinajstić information content (AvgIpc) is 2.60. The second-order valence-corrected chi connectivity index (χ2v) is 5.26. The van der Waals surface area contributed by atoms with Gasteiger partial charge in [0.25, 0.3) is 0 Å². The van der Waals surface area contributed by atoms with E-state index >= 15 is 0 Å². The Morgan fingerprint density at radius 2 is 1.88 bits per heavy atom. The Bertz CT molecular complexity index is 699. The van der Waals surface area contributed by atoms with E-state index in [4.69, 9.17) is 17.0 Å². The fraction of sp³-hybridized carbons (Fsp3) is 0.111. The minimum Gasteiger partial charge on any atom is -0.489 e. The number of thiocarbonyl (C=S) groups is 1. The Balaban J connectivity index is 1.80. The first-order valence-corrected chi connectivity index (χ1v) is 7.73. The minimum atomic E-state index is -0.254. The highest BCUT2D eigenvalue weighted by Gasteiger charge is 1.97. The second kappa shape index (κ2) is 9.42. The lowest BCUT2D eigenvalue weighted by molar-refractivity contribution is 0.306. The van der Waals surface area contributed by atoms with Gasteiger partial charge in [-0.2, -0.15) is 5.10 Å². The van der Waals surface area contributed by atoms with Crippen LogP contribution in [-0.4, -0.2) is 17.9 Å². The van der Waals surface area contributed by atoms with Crippen molar-refractivity contribution < 1.29 is 9.13 Å². The van der Waals surface area contributed by atoms with E-state index in [0.29, 0.717) is 18.3 Å². The Hall–Kier alpha value is -2.73. The number of hydrogen-bond donors (Lipinski definition) is 2. The van der Waals surface area contributed by atoms with Crippen LogP contribution in [0.1, 0.15) is 11.1 Å². The molecule has 0 aromatic heterocycles. The Morgan fingerprint density at radius 3 is 2.54 bits per heavy atom. The van der Waals surface area contributed by atoms with Gasteiger partial charge < -0.3 is 10.1 Å². The molecule has 0 heterocycles. The molecule has 0 atom stereocenters. The average molecular weight is 343 g/mol. The summed E-state index contributed by atoms with van der Waals surface area (Å²) in [7, 11) is 0. The summed E-state index contributed by atoms with van der Waals surface area (Å²) in [6, 6.07) is 13.7. The number of hydrogen-bond acceptors (Lipinski definition) is 3. The largest absolute Gasteiger partial charge is 0.489 e. The summed E-state index contributed by atoms with van der Waals surface area (Å²) in [5.41, 5.74) is 4.53. The summed E-state index contributed by atoms with van der Waals surface area (Å²) in [6.07, 6.45) is 3.37. The quantitative estimate of drug-likeness (QED) is 0.350. The lowest BCUT2D eigenvalue weighted by Gasteiger charge is -2.06. The lowest BCUT2D eigenvalue weighted by atomic mass is 10.2. The molecule has 24 heavy (non-hydrogen) atoms. The van der Waals surface area contributed by atoms with Crippen molar-refractivity contribution in [1.29, 1.82) is 0 Å². The van der Waals surface area contributed by atoms with E-state index in [9.17, 15) is 4.39 Å². The molecule has 0 saturated heterocycles. The zero-order valence-corrected chi connectivity index (χ0v) is 13.9. The molecule has 4 nitrogen and oxygen atoms in total. The summed E-state index contributed by atoms with van der Waals surface area (Å²) in [4.78, 5) is 0. The molecule has 0 aliphatic carbocycles. The highest BCUT2D eigenvalue weighted by molar-refractivity contribution is 7.80. The van der Waals surface area contributed by atoms with Gasteiger partial charge in [0.15, 0.2) is 5.11 Å². The van der Waals surface area contributed by atoms with Gasteiger partial charge >= 0.3 is 0 Å². The van der Waals surface area contributed by atoms with Gasteiger partial charge in [0, 0.05) is 6.54 Å². The molecule has 124 valence electrons. The molecule has 0 fully saturated rings. The smallest absolute Gasteiger partial charge is 0.187 e. The summed E-state index contributed by atoms with van der Waals surface area (Å²) in [5, 5.41) is 7.38. The van der Waals surface area contributed by atoms with Crippen LogP contribution >= 0.6 is 12.2 Å². The van der Waals surface area contributed by atoms with Gasteiger partial charge in [-0.15, -0.1) is 6.58 Å². The zero-order valence-electron chi connectivity index (χ0n) is 13.0. The van der Waals surface area contributed by atoms with Crippen molar-refractivity contribution in [2.24, 2.45) is 5.10 Å². The fourth-order valence-corrected chi connectivity index (χ4v) is 1.90. The van der Waals surface area contributed by atoms with Crippen LogP contribution < -0.4 is 15.5 Å². The van der Waals surface area contributed by atoms with Crippen LogP contribution in [0.2, 0.25) is 0 Å². The van der Waals surface area contributed by atoms with Gasteiger partial charge in [-0.3, -0.25) is 5.43 Å². The number of rotatable bonds is 7. The van der Waals surface area contributed by atoms with Crippen LogP contribution in [0.3, 0.4) is 0 Å². The highest BCUT2D eigenvalue weighted by atomic mass is 32.1. The molecule has 0 unspecified atom stereocenters. The number of benzene rings is 2. The van der Waals surface area contributed by atoms with E-state index in [0.717, 1.165) is 16.9 Å². The van der Waals surface area contributed by atoms with E-state index in [1.54, 1.807) is 24.4 Å². The van der Waals surface area contributed by atoms with Crippen molar-refractivity contribution >= 4 is 23.5 Å². The first kappa shape index (κ1) is 17.6. The standard InChI is InChI=1S/C18H18FN3OS/c1-2-11-20-18(24)22-21-12-14-5-9-17(10-6-14)23-13-15-3-7-16(19)8-4-15/h2-10,12H,1,11,13H2,(H2,20,22,24)/b21-12-. The molecule has 0 aliphatic rings. The van der Waals surface area contributed by atoms with E-state index < -0.39 is 0 Å². The van der Waals surface area contributed by atoms with Crippen molar-refractivity contribution in [1.82, 2.24) is 10.7 Å².